The molecular formula is C12N2. The monoisotopic (exact) mass is 172 g/mol. The van der Waals surface area contributed by atoms with E-state index in [4.69, 9.17) is 10.5 Å². The molecule has 58 valence electrons. The van der Waals surface area contributed by atoms with E-state index < -0.39 is 0 Å². The summed E-state index contributed by atoms with van der Waals surface area (Å²) >= 11 is 0. The molecule has 0 atom stereocenters. The van der Waals surface area contributed by atoms with Crippen molar-refractivity contribution in [3.05, 3.63) is 0 Å². The molecule has 0 amide bonds. The summed E-state index contributed by atoms with van der Waals surface area (Å²) in [6.07, 6.45) is 0. The van der Waals surface area contributed by atoms with Gasteiger partial charge in [0.2, 0.25) is 0 Å². The lowest BCUT2D eigenvalue weighted by molar-refractivity contribution is 1.55. The predicted molar refractivity (Wildman–Crippen MR) is 50.1 cm³/mol. The first-order valence-corrected chi connectivity index (χ1v) is 3.20. The average molecular weight is 172 g/mol. The second-order valence-corrected chi connectivity index (χ2v) is 1.47. The summed E-state index contributed by atoms with van der Waals surface area (Å²) in [6, 6.07) is 3.21. The van der Waals surface area contributed by atoms with Crippen LogP contribution in [0.15, 0.2) is 0 Å². The normalized spacial score (nSPS) is 3.57. The molecule has 14 heavy (non-hydrogen) atoms. The van der Waals surface area contributed by atoms with Crippen LogP contribution in [-0.2, 0) is 0 Å². The SMILES string of the molecule is N#CC#CC#CC#CC#CC#CC#N. The van der Waals surface area contributed by atoms with Crippen molar-refractivity contribution in [3.63, 3.8) is 0 Å². The van der Waals surface area contributed by atoms with Crippen LogP contribution >= 0.6 is 0 Å². The highest BCUT2D eigenvalue weighted by Gasteiger charge is 1.56. The Hall–Kier alpha value is -3.22. The van der Waals surface area contributed by atoms with Gasteiger partial charge in [-0.25, -0.2) is 0 Å². The standard InChI is InChI=1S/C12N2/c13-11-9-7-5-3-1-2-4-6-8-10-12-14. The summed E-state index contributed by atoms with van der Waals surface area (Å²) in [7, 11) is 0. The van der Waals surface area contributed by atoms with E-state index in [1.165, 1.54) is 0 Å². The highest BCUT2D eigenvalue weighted by molar-refractivity contribution is 5.44. The Morgan fingerprint density at radius 2 is 0.571 bits per heavy atom. The van der Waals surface area contributed by atoms with Gasteiger partial charge < -0.3 is 0 Å². The van der Waals surface area contributed by atoms with Crippen molar-refractivity contribution in [2.24, 2.45) is 0 Å². The number of nitrogens with zero attached hydrogens (tertiary/aromatic N) is 2. The van der Waals surface area contributed by atoms with Crippen LogP contribution in [0.4, 0.5) is 0 Å². The Kier molecular flexibility index (Phi) is 7.53. The zero-order valence-corrected chi connectivity index (χ0v) is 6.89. The number of hydrogen-bond donors (Lipinski definition) is 0. The zero-order chi connectivity index (χ0) is 10.5. The molecule has 0 unspecified atom stereocenters. The third-order valence-corrected chi connectivity index (χ3v) is 0.674. The molecule has 2 heteroatoms. The van der Waals surface area contributed by atoms with Gasteiger partial charge in [-0.05, 0) is 0 Å². The van der Waals surface area contributed by atoms with E-state index in [1.807, 2.05) is 0 Å². The van der Waals surface area contributed by atoms with E-state index in [9.17, 15) is 0 Å². The lowest BCUT2D eigenvalue weighted by Gasteiger charge is -1.54. The van der Waals surface area contributed by atoms with Gasteiger partial charge in [-0.2, -0.15) is 10.5 Å². The van der Waals surface area contributed by atoms with Crippen molar-refractivity contribution >= 4 is 0 Å². The molecule has 0 fully saturated rings. The number of nitriles is 2. The van der Waals surface area contributed by atoms with Crippen molar-refractivity contribution < 1.29 is 0 Å². The number of rotatable bonds is 0. The summed E-state index contributed by atoms with van der Waals surface area (Å²) in [6.45, 7) is 0. The molecule has 0 saturated carbocycles. The second-order valence-electron chi connectivity index (χ2n) is 1.47. The van der Waals surface area contributed by atoms with Gasteiger partial charge >= 0.3 is 0 Å². The van der Waals surface area contributed by atoms with E-state index >= 15 is 0 Å². The molecule has 0 aromatic carbocycles. The van der Waals surface area contributed by atoms with E-state index in [0.717, 1.165) is 0 Å². The minimum absolute atomic E-state index is 1.60. The topological polar surface area (TPSA) is 47.6 Å². The lowest BCUT2D eigenvalue weighted by Crippen LogP contribution is -1.54. The lowest BCUT2D eigenvalue weighted by atomic mass is 10.5. The molecule has 2 nitrogen and oxygen atoms in total. The van der Waals surface area contributed by atoms with Crippen LogP contribution in [0.25, 0.3) is 0 Å². The third kappa shape index (κ3) is 8.78. The maximum absolute atomic E-state index is 8.00. The van der Waals surface area contributed by atoms with Crippen LogP contribution in [-0.4, -0.2) is 0 Å². The molecule has 0 aromatic heterocycles. The van der Waals surface area contributed by atoms with Gasteiger partial charge in [-0.15, -0.1) is 0 Å². The molecule has 0 rings (SSSR count). The van der Waals surface area contributed by atoms with Gasteiger partial charge in [-0.1, -0.05) is 0 Å². The van der Waals surface area contributed by atoms with Gasteiger partial charge in [0.15, 0.2) is 12.1 Å². The molecule has 0 aliphatic carbocycles. The summed E-state index contributed by atoms with van der Waals surface area (Å²) in [5.74, 6) is 22.8. The largest absolute Gasteiger partial charge is 0.183 e. The van der Waals surface area contributed by atoms with Gasteiger partial charge in [0.25, 0.3) is 0 Å². The Morgan fingerprint density at radius 1 is 0.357 bits per heavy atom. The van der Waals surface area contributed by atoms with Crippen LogP contribution in [0.2, 0.25) is 0 Å². The van der Waals surface area contributed by atoms with Crippen molar-refractivity contribution in [2.75, 3.05) is 0 Å². The van der Waals surface area contributed by atoms with Crippen LogP contribution in [0, 0.1) is 81.9 Å². The van der Waals surface area contributed by atoms with Crippen molar-refractivity contribution in [1.29, 1.82) is 10.5 Å². The first-order chi connectivity index (χ1) is 6.91. The van der Waals surface area contributed by atoms with Crippen LogP contribution < -0.4 is 0 Å². The summed E-state index contributed by atoms with van der Waals surface area (Å²) < 4.78 is 0. The molecule has 0 saturated heterocycles. The maximum Gasteiger partial charge on any atom is 0.153 e. The van der Waals surface area contributed by atoms with Crippen LogP contribution in [0.5, 0.6) is 0 Å². The third-order valence-electron chi connectivity index (χ3n) is 0.674. The first-order valence-electron chi connectivity index (χ1n) is 3.20. The maximum atomic E-state index is 8.00. The zero-order valence-electron chi connectivity index (χ0n) is 6.89. The fourth-order valence-electron chi connectivity index (χ4n) is 0.306. The van der Waals surface area contributed by atoms with Gasteiger partial charge in [0.1, 0.15) is 0 Å². The van der Waals surface area contributed by atoms with Gasteiger partial charge in [0.05, 0.1) is 0 Å². The second kappa shape index (κ2) is 9.78. The van der Waals surface area contributed by atoms with E-state index in [2.05, 4.69) is 59.2 Å². The van der Waals surface area contributed by atoms with E-state index in [0.29, 0.717) is 0 Å². The smallest absolute Gasteiger partial charge is 0.153 e. The first kappa shape index (κ1) is 10.8. The molecule has 0 bridgehead atoms. The Labute approximate surface area is 82.5 Å². The molecule has 0 heterocycles. The Morgan fingerprint density at radius 3 is 0.786 bits per heavy atom. The molecular weight excluding hydrogens is 172 g/mol. The van der Waals surface area contributed by atoms with Gasteiger partial charge in [0, 0.05) is 59.2 Å². The highest BCUT2D eigenvalue weighted by atomic mass is 14.2. The molecule has 0 radical (unpaired) electrons. The summed E-state index contributed by atoms with van der Waals surface area (Å²) in [5, 5.41) is 16.0. The van der Waals surface area contributed by atoms with Crippen LogP contribution in [0.1, 0.15) is 0 Å². The Balaban J connectivity index is 4.20. The fraction of sp³-hybridized carbons (Fsp3) is 0. The predicted octanol–water partition coefficient (Wildman–Crippen LogP) is 0.0506. The molecule has 0 aromatic rings. The summed E-state index contributed by atoms with van der Waals surface area (Å²) in [4.78, 5) is 0. The highest BCUT2D eigenvalue weighted by Crippen LogP contribution is 1.55. The Bertz CT molecular complexity index is 529. The number of hydrogen-bond acceptors (Lipinski definition) is 2. The van der Waals surface area contributed by atoms with Crippen molar-refractivity contribution in [1.82, 2.24) is 0 Å². The average Bonchev–Trinajstić information content (AvgIpc) is 2.21. The van der Waals surface area contributed by atoms with Gasteiger partial charge in [-0.3, -0.25) is 0 Å². The van der Waals surface area contributed by atoms with Crippen LogP contribution in [0.3, 0.4) is 0 Å². The minimum Gasteiger partial charge on any atom is -0.183 e. The van der Waals surface area contributed by atoms with E-state index in [-0.39, 0.29) is 0 Å². The summed E-state index contributed by atoms with van der Waals surface area (Å²) in [5.41, 5.74) is 0. The molecule has 0 aliphatic rings. The molecule has 0 aliphatic heterocycles. The van der Waals surface area contributed by atoms with E-state index in [1.54, 1.807) is 12.1 Å². The molecule has 0 spiro atoms. The van der Waals surface area contributed by atoms with Crippen molar-refractivity contribution in [3.8, 4) is 71.3 Å². The minimum atomic E-state index is 1.60. The van der Waals surface area contributed by atoms with Crippen molar-refractivity contribution in [2.45, 2.75) is 0 Å². The fourth-order valence-corrected chi connectivity index (χ4v) is 0.306. The quantitative estimate of drug-likeness (QED) is 0.485. The molecule has 0 N–H and O–H groups in total.